The second kappa shape index (κ2) is 7.28. The molecular weight excluding hydrogens is 276 g/mol. The summed E-state index contributed by atoms with van der Waals surface area (Å²) in [6.07, 6.45) is 0. The lowest BCUT2D eigenvalue weighted by Gasteiger charge is -2.12. The number of carbonyl (C=O) groups is 1. The minimum atomic E-state index is -0.190. The van der Waals surface area contributed by atoms with Crippen LogP contribution in [0.3, 0.4) is 0 Å². The van der Waals surface area contributed by atoms with Gasteiger partial charge in [-0.3, -0.25) is 4.79 Å². The molecule has 2 rings (SSSR count). The highest BCUT2D eigenvalue weighted by Crippen LogP contribution is 2.21. The number of rotatable bonds is 5. The molecule has 0 heterocycles. The summed E-state index contributed by atoms with van der Waals surface area (Å²) in [6.45, 7) is 4.26. The number of benzene rings is 2. The Morgan fingerprint density at radius 1 is 1.18 bits per heavy atom. The van der Waals surface area contributed by atoms with Gasteiger partial charge in [0.2, 0.25) is 0 Å². The number of nitrogens with zero attached hydrogens (tertiary/aromatic N) is 1. The molecule has 1 amide bonds. The SMILES string of the molecule is Cc1cccc(C)c1OCC(=O)NCc1cccc(C#N)c1. The maximum atomic E-state index is 11.9. The first kappa shape index (κ1) is 15.6. The zero-order chi connectivity index (χ0) is 15.9. The van der Waals surface area contributed by atoms with Crippen LogP contribution >= 0.6 is 0 Å². The molecule has 0 aliphatic rings. The van der Waals surface area contributed by atoms with E-state index < -0.39 is 0 Å². The van der Waals surface area contributed by atoms with Crippen LogP contribution in [0.2, 0.25) is 0 Å². The second-order valence-corrected chi connectivity index (χ2v) is 5.10. The molecule has 0 saturated carbocycles. The molecule has 4 heteroatoms. The van der Waals surface area contributed by atoms with Gasteiger partial charge in [-0.2, -0.15) is 5.26 Å². The van der Waals surface area contributed by atoms with Crippen LogP contribution in [0.4, 0.5) is 0 Å². The maximum Gasteiger partial charge on any atom is 0.258 e. The fourth-order valence-corrected chi connectivity index (χ4v) is 2.17. The molecule has 0 radical (unpaired) electrons. The van der Waals surface area contributed by atoms with Crippen LogP contribution in [0, 0.1) is 25.2 Å². The van der Waals surface area contributed by atoms with E-state index in [-0.39, 0.29) is 12.5 Å². The number of carbonyl (C=O) groups excluding carboxylic acids is 1. The van der Waals surface area contributed by atoms with Crippen LogP contribution in [-0.2, 0) is 11.3 Å². The van der Waals surface area contributed by atoms with Gasteiger partial charge in [0.15, 0.2) is 6.61 Å². The normalized spacial score (nSPS) is 9.86. The molecule has 0 fully saturated rings. The van der Waals surface area contributed by atoms with Gasteiger partial charge in [-0.05, 0) is 42.7 Å². The summed E-state index contributed by atoms with van der Waals surface area (Å²) in [7, 11) is 0. The van der Waals surface area contributed by atoms with Gasteiger partial charge in [0, 0.05) is 6.54 Å². The first-order valence-corrected chi connectivity index (χ1v) is 7.05. The van der Waals surface area contributed by atoms with E-state index in [9.17, 15) is 4.79 Å². The van der Waals surface area contributed by atoms with Crippen molar-refractivity contribution in [2.75, 3.05) is 6.61 Å². The Balaban J connectivity index is 1.87. The minimum Gasteiger partial charge on any atom is -0.483 e. The predicted molar refractivity (Wildman–Crippen MR) is 84.4 cm³/mol. The largest absolute Gasteiger partial charge is 0.483 e. The van der Waals surface area contributed by atoms with Gasteiger partial charge in [-0.15, -0.1) is 0 Å². The van der Waals surface area contributed by atoms with Crippen molar-refractivity contribution >= 4 is 5.91 Å². The lowest BCUT2D eigenvalue weighted by molar-refractivity contribution is -0.123. The molecule has 112 valence electrons. The van der Waals surface area contributed by atoms with Crippen LogP contribution in [0.25, 0.3) is 0 Å². The molecule has 0 aliphatic carbocycles. The van der Waals surface area contributed by atoms with Gasteiger partial charge in [-0.25, -0.2) is 0 Å². The molecule has 2 aromatic rings. The quantitative estimate of drug-likeness (QED) is 0.922. The third kappa shape index (κ3) is 4.10. The molecule has 0 saturated heterocycles. The molecule has 2 aromatic carbocycles. The first-order valence-electron chi connectivity index (χ1n) is 7.05. The number of aryl methyl sites for hydroxylation is 2. The molecule has 0 aliphatic heterocycles. The van der Waals surface area contributed by atoms with Crippen molar-refractivity contribution in [2.45, 2.75) is 20.4 Å². The summed E-state index contributed by atoms with van der Waals surface area (Å²) in [5, 5.41) is 11.6. The molecule has 1 N–H and O–H groups in total. The molecule has 0 spiro atoms. The van der Waals surface area contributed by atoms with Crippen LogP contribution in [0.1, 0.15) is 22.3 Å². The molecule has 0 aromatic heterocycles. The van der Waals surface area contributed by atoms with Crippen LogP contribution in [0.5, 0.6) is 5.75 Å². The van der Waals surface area contributed by atoms with E-state index in [0.717, 1.165) is 22.4 Å². The highest BCUT2D eigenvalue weighted by molar-refractivity contribution is 5.77. The first-order chi connectivity index (χ1) is 10.6. The van der Waals surface area contributed by atoms with Crippen molar-refractivity contribution in [2.24, 2.45) is 0 Å². The van der Waals surface area contributed by atoms with Gasteiger partial charge in [0.1, 0.15) is 5.75 Å². The van der Waals surface area contributed by atoms with E-state index in [4.69, 9.17) is 10.00 Å². The molecular formula is C18H18N2O2. The Hall–Kier alpha value is -2.80. The average Bonchev–Trinajstić information content (AvgIpc) is 2.52. The number of hydrogen-bond donors (Lipinski definition) is 1. The summed E-state index contributed by atoms with van der Waals surface area (Å²) < 4.78 is 5.60. The molecule has 0 bridgehead atoms. The number of para-hydroxylation sites is 1. The van der Waals surface area contributed by atoms with E-state index in [1.54, 1.807) is 18.2 Å². The Bertz CT molecular complexity index is 697. The lowest BCUT2D eigenvalue weighted by Crippen LogP contribution is -2.28. The summed E-state index contributed by atoms with van der Waals surface area (Å²) in [4.78, 5) is 11.9. The topological polar surface area (TPSA) is 62.1 Å². The number of nitriles is 1. The average molecular weight is 294 g/mol. The fourth-order valence-electron chi connectivity index (χ4n) is 2.17. The standard InChI is InChI=1S/C18H18N2O2/c1-13-5-3-6-14(2)18(13)22-12-17(21)20-11-16-8-4-7-15(9-16)10-19/h3-9H,11-12H2,1-2H3,(H,20,21). The highest BCUT2D eigenvalue weighted by Gasteiger charge is 2.07. The summed E-state index contributed by atoms with van der Waals surface area (Å²) >= 11 is 0. The Morgan fingerprint density at radius 3 is 2.55 bits per heavy atom. The maximum absolute atomic E-state index is 11.9. The Kier molecular flexibility index (Phi) is 5.16. The molecule has 4 nitrogen and oxygen atoms in total. The highest BCUT2D eigenvalue weighted by atomic mass is 16.5. The summed E-state index contributed by atoms with van der Waals surface area (Å²) in [6, 6.07) is 15.1. The van der Waals surface area contributed by atoms with Crippen LogP contribution < -0.4 is 10.1 Å². The van der Waals surface area contributed by atoms with Gasteiger partial charge in [-0.1, -0.05) is 30.3 Å². The van der Waals surface area contributed by atoms with E-state index in [1.807, 2.05) is 38.1 Å². The van der Waals surface area contributed by atoms with Crippen molar-refractivity contribution in [3.63, 3.8) is 0 Å². The number of nitrogens with one attached hydrogen (secondary N) is 1. The van der Waals surface area contributed by atoms with Gasteiger partial charge in [0.25, 0.3) is 5.91 Å². The molecule has 0 unspecified atom stereocenters. The molecule has 22 heavy (non-hydrogen) atoms. The zero-order valence-corrected chi connectivity index (χ0v) is 12.7. The van der Waals surface area contributed by atoms with Gasteiger partial charge >= 0.3 is 0 Å². The number of ether oxygens (including phenoxy) is 1. The lowest BCUT2D eigenvalue weighted by atomic mass is 10.1. The Labute approximate surface area is 130 Å². The zero-order valence-electron chi connectivity index (χ0n) is 12.7. The second-order valence-electron chi connectivity index (χ2n) is 5.10. The van der Waals surface area contributed by atoms with Crippen molar-refractivity contribution in [3.05, 3.63) is 64.7 Å². The van der Waals surface area contributed by atoms with E-state index >= 15 is 0 Å². The van der Waals surface area contributed by atoms with Gasteiger partial charge < -0.3 is 10.1 Å². The third-order valence-electron chi connectivity index (χ3n) is 3.30. The number of hydrogen-bond acceptors (Lipinski definition) is 3. The third-order valence-corrected chi connectivity index (χ3v) is 3.30. The summed E-state index contributed by atoms with van der Waals surface area (Å²) in [5.74, 6) is 0.564. The van der Waals surface area contributed by atoms with Crippen molar-refractivity contribution in [3.8, 4) is 11.8 Å². The van der Waals surface area contributed by atoms with E-state index in [1.165, 1.54) is 0 Å². The number of amides is 1. The Morgan fingerprint density at radius 2 is 1.86 bits per heavy atom. The van der Waals surface area contributed by atoms with Crippen molar-refractivity contribution < 1.29 is 9.53 Å². The van der Waals surface area contributed by atoms with Crippen molar-refractivity contribution in [1.29, 1.82) is 5.26 Å². The van der Waals surface area contributed by atoms with E-state index in [0.29, 0.717) is 12.1 Å². The van der Waals surface area contributed by atoms with Crippen LogP contribution in [0.15, 0.2) is 42.5 Å². The van der Waals surface area contributed by atoms with Crippen LogP contribution in [-0.4, -0.2) is 12.5 Å². The van der Waals surface area contributed by atoms with Gasteiger partial charge in [0.05, 0.1) is 11.6 Å². The minimum absolute atomic E-state index is 0.0242. The smallest absolute Gasteiger partial charge is 0.258 e. The molecule has 0 atom stereocenters. The van der Waals surface area contributed by atoms with E-state index in [2.05, 4.69) is 11.4 Å². The fraction of sp³-hybridized carbons (Fsp3) is 0.222. The summed E-state index contributed by atoms with van der Waals surface area (Å²) in [5.41, 5.74) is 3.49. The monoisotopic (exact) mass is 294 g/mol. The predicted octanol–water partition coefficient (Wildman–Crippen LogP) is 2.87. The van der Waals surface area contributed by atoms with Crippen molar-refractivity contribution in [1.82, 2.24) is 5.32 Å².